The zero-order valence-corrected chi connectivity index (χ0v) is 15.1. The van der Waals surface area contributed by atoms with Gasteiger partial charge in [-0.2, -0.15) is 14.6 Å². The van der Waals surface area contributed by atoms with Crippen LogP contribution in [0.1, 0.15) is 11.3 Å². The molecule has 0 N–H and O–H groups in total. The summed E-state index contributed by atoms with van der Waals surface area (Å²) in [5.41, 5.74) is 2.93. The van der Waals surface area contributed by atoms with Crippen molar-refractivity contribution in [2.45, 2.75) is 13.8 Å². The summed E-state index contributed by atoms with van der Waals surface area (Å²) >= 11 is 0. The van der Waals surface area contributed by atoms with Crippen LogP contribution < -0.4 is 14.5 Å². The summed E-state index contributed by atoms with van der Waals surface area (Å²) in [4.78, 5) is 13.2. The van der Waals surface area contributed by atoms with E-state index in [0.717, 1.165) is 48.9 Å². The molecule has 3 heterocycles. The lowest BCUT2D eigenvalue weighted by Crippen LogP contribution is -2.47. The Hall–Kier alpha value is -2.90. The smallest absolute Gasteiger partial charge is 0.254 e. The molecular formula is C18H21FN6O. The van der Waals surface area contributed by atoms with Crippen LogP contribution in [-0.2, 0) is 0 Å². The fourth-order valence-corrected chi connectivity index (χ4v) is 3.42. The van der Waals surface area contributed by atoms with E-state index in [9.17, 15) is 4.39 Å². The van der Waals surface area contributed by atoms with Gasteiger partial charge in [0.15, 0.2) is 11.6 Å². The van der Waals surface area contributed by atoms with Gasteiger partial charge in [-0.15, -0.1) is 0 Å². The number of halogens is 1. The first kappa shape index (κ1) is 16.6. The Balaban J connectivity index is 1.57. The number of aromatic nitrogens is 4. The monoisotopic (exact) mass is 356 g/mol. The third-order valence-electron chi connectivity index (χ3n) is 4.96. The number of aryl methyl sites for hydroxylation is 1. The second-order valence-electron chi connectivity index (χ2n) is 6.41. The lowest BCUT2D eigenvalue weighted by molar-refractivity contribution is 0.386. The van der Waals surface area contributed by atoms with Crippen LogP contribution in [0, 0.1) is 19.7 Å². The first-order chi connectivity index (χ1) is 12.6. The van der Waals surface area contributed by atoms with Gasteiger partial charge in [-0.25, -0.2) is 9.37 Å². The van der Waals surface area contributed by atoms with Crippen molar-refractivity contribution in [3.8, 4) is 5.75 Å². The van der Waals surface area contributed by atoms with Gasteiger partial charge in [0, 0.05) is 49.2 Å². The molecule has 1 fully saturated rings. The predicted octanol–water partition coefficient (Wildman–Crippen LogP) is 2.22. The summed E-state index contributed by atoms with van der Waals surface area (Å²) in [5, 5.41) is 4.33. The molecule has 1 aliphatic heterocycles. The summed E-state index contributed by atoms with van der Waals surface area (Å²) in [6.45, 7) is 7.26. The molecule has 0 radical (unpaired) electrons. The molecule has 3 aromatic rings. The van der Waals surface area contributed by atoms with Crippen molar-refractivity contribution in [1.29, 1.82) is 0 Å². The number of nitrogens with zero attached hydrogens (tertiary/aromatic N) is 6. The van der Waals surface area contributed by atoms with Crippen molar-refractivity contribution in [3.05, 3.63) is 41.6 Å². The van der Waals surface area contributed by atoms with E-state index >= 15 is 0 Å². The number of fused-ring (bicyclic) bond motifs is 1. The Morgan fingerprint density at radius 3 is 2.50 bits per heavy atom. The largest absolute Gasteiger partial charge is 0.494 e. The first-order valence-corrected chi connectivity index (χ1v) is 8.59. The van der Waals surface area contributed by atoms with Gasteiger partial charge in [-0.1, -0.05) is 0 Å². The van der Waals surface area contributed by atoms with Crippen LogP contribution >= 0.6 is 0 Å². The molecule has 1 aromatic carbocycles. The minimum Gasteiger partial charge on any atom is -0.494 e. The van der Waals surface area contributed by atoms with Gasteiger partial charge in [0.1, 0.15) is 12.1 Å². The van der Waals surface area contributed by atoms with Gasteiger partial charge in [0.2, 0.25) is 0 Å². The molecule has 0 spiro atoms. The van der Waals surface area contributed by atoms with Crippen molar-refractivity contribution in [2.24, 2.45) is 0 Å². The average Bonchev–Trinajstić information content (AvgIpc) is 3.10. The molecule has 26 heavy (non-hydrogen) atoms. The molecule has 1 aliphatic rings. The van der Waals surface area contributed by atoms with Crippen molar-refractivity contribution in [3.63, 3.8) is 0 Å². The van der Waals surface area contributed by atoms with Crippen LogP contribution in [0.5, 0.6) is 5.75 Å². The standard InChI is InChI=1S/C18H21FN6O/c1-12-13(2)22-18-20-11-21-25(18)17(12)24-8-6-23(7-9-24)14-4-5-16(26-3)15(19)10-14/h4-5,10-11H,6-9H2,1-3H3. The Morgan fingerprint density at radius 1 is 1.08 bits per heavy atom. The second kappa shape index (κ2) is 6.44. The number of hydrogen-bond acceptors (Lipinski definition) is 6. The highest BCUT2D eigenvalue weighted by Crippen LogP contribution is 2.27. The summed E-state index contributed by atoms with van der Waals surface area (Å²) in [7, 11) is 1.47. The third-order valence-corrected chi connectivity index (χ3v) is 4.96. The Kier molecular flexibility index (Phi) is 4.10. The molecule has 7 nitrogen and oxygen atoms in total. The Bertz CT molecular complexity index is 948. The molecule has 0 atom stereocenters. The van der Waals surface area contributed by atoms with Gasteiger partial charge in [-0.05, 0) is 26.0 Å². The van der Waals surface area contributed by atoms with Gasteiger partial charge in [0.25, 0.3) is 5.78 Å². The van der Waals surface area contributed by atoms with E-state index in [1.165, 1.54) is 19.5 Å². The van der Waals surface area contributed by atoms with Crippen LogP contribution in [0.4, 0.5) is 15.9 Å². The minimum atomic E-state index is -0.336. The molecule has 4 rings (SSSR count). The van der Waals surface area contributed by atoms with Crippen molar-refractivity contribution in [2.75, 3.05) is 43.1 Å². The molecule has 0 unspecified atom stereocenters. The highest BCUT2D eigenvalue weighted by Gasteiger charge is 2.23. The first-order valence-electron chi connectivity index (χ1n) is 8.59. The summed E-state index contributed by atoms with van der Waals surface area (Å²) in [5.74, 6) is 1.58. The van der Waals surface area contributed by atoms with Crippen molar-refractivity contribution >= 4 is 17.3 Å². The van der Waals surface area contributed by atoms with E-state index < -0.39 is 0 Å². The van der Waals surface area contributed by atoms with Crippen LogP contribution in [0.15, 0.2) is 24.5 Å². The Labute approximate surface area is 151 Å². The maximum Gasteiger partial charge on any atom is 0.254 e. The topological polar surface area (TPSA) is 58.8 Å². The molecule has 0 aliphatic carbocycles. The highest BCUT2D eigenvalue weighted by atomic mass is 19.1. The molecule has 2 aromatic heterocycles. The lowest BCUT2D eigenvalue weighted by atomic mass is 10.2. The second-order valence-corrected chi connectivity index (χ2v) is 6.41. The van der Waals surface area contributed by atoms with Crippen LogP contribution in [-0.4, -0.2) is 52.9 Å². The molecule has 0 bridgehead atoms. The Morgan fingerprint density at radius 2 is 1.81 bits per heavy atom. The average molecular weight is 356 g/mol. The van der Waals surface area contributed by atoms with Crippen LogP contribution in [0.2, 0.25) is 0 Å². The fraction of sp³-hybridized carbons (Fsp3) is 0.389. The van der Waals surface area contributed by atoms with Crippen LogP contribution in [0.3, 0.4) is 0 Å². The van der Waals surface area contributed by atoms with Gasteiger partial charge in [-0.3, -0.25) is 0 Å². The van der Waals surface area contributed by atoms with Gasteiger partial charge < -0.3 is 14.5 Å². The lowest BCUT2D eigenvalue weighted by Gasteiger charge is -2.37. The van der Waals surface area contributed by atoms with E-state index in [4.69, 9.17) is 4.74 Å². The molecule has 0 saturated carbocycles. The number of rotatable bonds is 3. The van der Waals surface area contributed by atoms with E-state index in [-0.39, 0.29) is 11.6 Å². The number of anilines is 2. The van der Waals surface area contributed by atoms with E-state index in [0.29, 0.717) is 5.78 Å². The van der Waals surface area contributed by atoms with Crippen molar-refractivity contribution < 1.29 is 9.13 Å². The number of methoxy groups -OCH3 is 1. The molecule has 0 amide bonds. The minimum absolute atomic E-state index is 0.267. The molecule has 8 heteroatoms. The number of ether oxygens (including phenoxy) is 1. The maximum atomic E-state index is 14.0. The van der Waals surface area contributed by atoms with E-state index in [1.807, 2.05) is 13.0 Å². The number of benzene rings is 1. The maximum absolute atomic E-state index is 14.0. The number of piperazine rings is 1. The zero-order valence-electron chi connectivity index (χ0n) is 15.1. The zero-order chi connectivity index (χ0) is 18.3. The third kappa shape index (κ3) is 2.71. The van der Waals surface area contributed by atoms with Crippen LogP contribution in [0.25, 0.3) is 5.78 Å². The predicted molar refractivity (Wildman–Crippen MR) is 97.6 cm³/mol. The van der Waals surface area contributed by atoms with Gasteiger partial charge in [0.05, 0.1) is 7.11 Å². The van der Waals surface area contributed by atoms with Crippen molar-refractivity contribution in [1.82, 2.24) is 19.6 Å². The molecular weight excluding hydrogens is 335 g/mol. The highest BCUT2D eigenvalue weighted by molar-refractivity contribution is 5.56. The summed E-state index contributed by atoms with van der Waals surface area (Å²) < 4.78 is 20.8. The SMILES string of the molecule is COc1ccc(N2CCN(c3c(C)c(C)nc4ncnn34)CC2)cc1F. The number of hydrogen-bond donors (Lipinski definition) is 0. The van der Waals surface area contributed by atoms with E-state index in [1.54, 1.807) is 10.6 Å². The molecule has 136 valence electrons. The normalized spacial score (nSPS) is 14.9. The van der Waals surface area contributed by atoms with Gasteiger partial charge >= 0.3 is 0 Å². The van der Waals surface area contributed by atoms with E-state index in [2.05, 4.69) is 31.8 Å². The summed E-state index contributed by atoms with van der Waals surface area (Å²) in [6.07, 6.45) is 1.53. The fourth-order valence-electron chi connectivity index (χ4n) is 3.42. The summed E-state index contributed by atoms with van der Waals surface area (Å²) in [6, 6.07) is 5.10. The molecule has 1 saturated heterocycles. The quantitative estimate of drug-likeness (QED) is 0.717.